The third-order valence-corrected chi connectivity index (χ3v) is 6.15. The molecule has 0 saturated carbocycles. The minimum atomic E-state index is -4.51. The zero-order chi connectivity index (χ0) is 23.0. The van der Waals surface area contributed by atoms with Gasteiger partial charge in [0.1, 0.15) is 5.82 Å². The van der Waals surface area contributed by atoms with Gasteiger partial charge in [-0.15, -0.1) is 0 Å². The van der Waals surface area contributed by atoms with E-state index in [0.29, 0.717) is 32.6 Å². The van der Waals surface area contributed by atoms with Crippen molar-refractivity contribution in [2.75, 3.05) is 26.2 Å². The maximum absolute atomic E-state index is 13.3. The van der Waals surface area contributed by atoms with Crippen LogP contribution in [0, 0.1) is 5.82 Å². The van der Waals surface area contributed by atoms with E-state index in [9.17, 15) is 27.2 Å². The van der Waals surface area contributed by atoms with Gasteiger partial charge in [0.15, 0.2) is 0 Å². The van der Waals surface area contributed by atoms with Gasteiger partial charge < -0.3 is 10.2 Å². The molecule has 10 heteroatoms. The van der Waals surface area contributed by atoms with Gasteiger partial charge in [-0.05, 0) is 42.8 Å². The largest absolute Gasteiger partial charge is 0.416 e. The van der Waals surface area contributed by atoms with Gasteiger partial charge in [0.2, 0.25) is 0 Å². The van der Waals surface area contributed by atoms with Crippen molar-refractivity contribution in [2.24, 2.45) is 0 Å². The molecule has 2 saturated heterocycles. The normalized spacial score (nSPS) is 21.3. The van der Waals surface area contributed by atoms with Gasteiger partial charge in [-0.3, -0.25) is 14.5 Å². The molecule has 4 rings (SSSR count). The third-order valence-electron chi connectivity index (χ3n) is 5.86. The molecule has 2 aliphatic rings. The number of piperazine rings is 1. The summed E-state index contributed by atoms with van der Waals surface area (Å²) in [6.45, 7) is 1.91. The molecule has 2 amide bonds. The number of alkyl halides is 3. The van der Waals surface area contributed by atoms with Crippen LogP contribution in [0.1, 0.15) is 32.7 Å². The molecule has 32 heavy (non-hydrogen) atoms. The Morgan fingerprint density at radius 3 is 2.53 bits per heavy atom. The Morgan fingerprint density at radius 1 is 1.03 bits per heavy atom. The van der Waals surface area contributed by atoms with Crippen molar-refractivity contribution >= 4 is 23.4 Å². The second-order valence-corrected chi connectivity index (χ2v) is 8.42. The topological polar surface area (TPSA) is 52.7 Å². The van der Waals surface area contributed by atoms with Gasteiger partial charge >= 0.3 is 6.18 Å². The second kappa shape index (κ2) is 8.71. The quantitative estimate of drug-likeness (QED) is 0.695. The highest BCUT2D eigenvalue weighted by Gasteiger charge is 2.38. The molecular formula is C22H20ClF4N3O2. The summed E-state index contributed by atoms with van der Waals surface area (Å²) in [7, 11) is 0. The second-order valence-electron chi connectivity index (χ2n) is 8.01. The summed E-state index contributed by atoms with van der Waals surface area (Å²) in [6, 6.07) is 8.00. The molecule has 0 radical (unpaired) electrons. The number of benzene rings is 2. The first-order chi connectivity index (χ1) is 15.1. The molecule has 2 fully saturated rings. The van der Waals surface area contributed by atoms with Crippen LogP contribution in [0.5, 0.6) is 0 Å². The monoisotopic (exact) mass is 469 g/mol. The van der Waals surface area contributed by atoms with E-state index in [1.54, 1.807) is 4.90 Å². The van der Waals surface area contributed by atoms with Gasteiger partial charge in [-0.2, -0.15) is 13.2 Å². The molecule has 0 aliphatic carbocycles. The lowest BCUT2D eigenvalue weighted by atomic mass is 10.1. The number of amides is 2. The highest BCUT2D eigenvalue weighted by atomic mass is 35.5. The van der Waals surface area contributed by atoms with Crippen LogP contribution >= 0.6 is 11.6 Å². The van der Waals surface area contributed by atoms with Gasteiger partial charge in [0.05, 0.1) is 10.6 Å². The summed E-state index contributed by atoms with van der Waals surface area (Å²) in [6.07, 6.45) is -3.92. The molecule has 5 nitrogen and oxygen atoms in total. The fraction of sp³-hybridized carbons (Fsp3) is 0.364. The fourth-order valence-electron chi connectivity index (χ4n) is 4.25. The van der Waals surface area contributed by atoms with Gasteiger partial charge in [0, 0.05) is 49.4 Å². The average Bonchev–Trinajstić information content (AvgIpc) is 3.16. The highest BCUT2D eigenvalue weighted by Crippen LogP contribution is 2.30. The summed E-state index contributed by atoms with van der Waals surface area (Å²) in [4.78, 5) is 29.0. The maximum Gasteiger partial charge on any atom is 0.416 e. The van der Waals surface area contributed by atoms with E-state index in [1.165, 1.54) is 24.3 Å². The molecule has 2 unspecified atom stereocenters. The third kappa shape index (κ3) is 4.73. The number of hydrogen-bond donors (Lipinski definition) is 1. The molecule has 0 bridgehead atoms. The standard InChI is InChI=1S/C22H20ClF4N3O2/c23-18-9-13(4-5-19(18)24)20(31)28-16-10-17-12-30(7-6-29(17)11-16)21(32)14-2-1-3-15(8-14)22(25,26)27/h1-5,8-9,16-17H,6-7,10-12H2,(H,28,31). The lowest BCUT2D eigenvalue weighted by Gasteiger charge is -2.37. The predicted molar refractivity (Wildman–Crippen MR) is 110 cm³/mol. The lowest BCUT2D eigenvalue weighted by Crippen LogP contribution is -2.52. The Bertz CT molecular complexity index is 1050. The Kier molecular flexibility index (Phi) is 6.13. The molecular weight excluding hydrogens is 450 g/mol. The number of rotatable bonds is 3. The molecule has 2 aliphatic heterocycles. The van der Waals surface area contributed by atoms with E-state index < -0.39 is 23.5 Å². The number of fused-ring (bicyclic) bond motifs is 1. The zero-order valence-corrected chi connectivity index (χ0v) is 17.6. The summed E-state index contributed by atoms with van der Waals surface area (Å²) in [5, 5.41) is 2.77. The first kappa shape index (κ1) is 22.5. The Labute approximate surface area is 186 Å². The van der Waals surface area contributed by atoms with E-state index in [0.717, 1.165) is 18.2 Å². The first-order valence-electron chi connectivity index (χ1n) is 10.1. The van der Waals surface area contributed by atoms with Crippen LogP contribution in [-0.2, 0) is 6.18 Å². The van der Waals surface area contributed by atoms with Crippen LogP contribution in [0.4, 0.5) is 17.6 Å². The number of nitrogens with one attached hydrogen (secondary N) is 1. The van der Waals surface area contributed by atoms with E-state index in [2.05, 4.69) is 10.2 Å². The minimum Gasteiger partial charge on any atom is -0.348 e. The molecule has 170 valence electrons. The summed E-state index contributed by atoms with van der Waals surface area (Å²) in [5.74, 6) is -1.41. The Hall–Kier alpha value is -2.65. The number of hydrogen-bond acceptors (Lipinski definition) is 3. The van der Waals surface area contributed by atoms with Crippen LogP contribution in [-0.4, -0.2) is 59.9 Å². The smallest absolute Gasteiger partial charge is 0.348 e. The van der Waals surface area contributed by atoms with E-state index in [-0.39, 0.29) is 34.1 Å². The van der Waals surface area contributed by atoms with Crippen molar-refractivity contribution < 1.29 is 27.2 Å². The van der Waals surface area contributed by atoms with Gasteiger partial charge in [-0.1, -0.05) is 17.7 Å². The van der Waals surface area contributed by atoms with E-state index in [1.807, 2.05) is 0 Å². The molecule has 2 aromatic carbocycles. The van der Waals surface area contributed by atoms with Crippen molar-refractivity contribution in [3.63, 3.8) is 0 Å². The SMILES string of the molecule is O=C(NC1CC2CN(C(=O)c3cccc(C(F)(F)F)c3)CCN2C1)c1ccc(F)c(Cl)c1. The van der Waals surface area contributed by atoms with Crippen molar-refractivity contribution in [1.29, 1.82) is 0 Å². The Balaban J connectivity index is 1.38. The van der Waals surface area contributed by atoms with E-state index >= 15 is 0 Å². The molecule has 2 heterocycles. The molecule has 1 N–H and O–H groups in total. The van der Waals surface area contributed by atoms with Crippen LogP contribution in [0.2, 0.25) is 5.02 Å². The number of carbonyl (C=O) groups excluding carboxylic acids is 2. The number of carbonyl (C=O) groups is 2. The highest BCUT2D eigenvalue weighted by molar-refractivity contribution is 6.31. The molecule has 2 aromatic rings. The van der Waals surface area contributed by atoms with Crippen LogP contribution < -0.4 is 5.32 Å². The van der Waals surface area contributed by atoms with Crippen LogP contribution in [0.3, 0.4) is 0 Å². The summed E-state index contributed by atoms with van der Waals surface area (Å²) < 4.78 is 52.2. The number of halogens is 5. The lowest BCUT2D eigenvalue weighted by molar-refractivity contribution is -0.137. The van der Waals surface area contributed by atoms with Crippen molar-refractivity contribution in [3.05, 3.63) is 70.0 Å². The van der Waals surface area contributed by atoms with E-state index in [4.69, 9.17) is 11.6 Å². The molecule has 2 atom stereocenters. The first-order valence-corrected chi connectivity index (χ1v) is 10.5. The minimum absolute atomic E-state index is 0.00399. The Morgan fingerprint density at radius 2 is 1.81 bits per heavy atom. The summed E-state index contributed by atoms with van der Waals surface area (Å²) >= 11 is 5.74. The number of nitrogens with zero attached hydrogens (tertiary/aromatic N) is 2. The summed E-state index contributed by atoms with van der Waals surface area (Å²) in [5.41, 5.74) is -0.599. The maximum atomic E-state index is 13.3. The molecule has 0 aromatic heterocycles. The van der Waals surface area contributed by atoms with Crippen LogP contribution in [0.15, 0.2) is 42.5 Å². The average molecular weight is 470 g/mol. The van der Waals surface area contributed by atoms with Crippen molar-refractivity contribution in [1.82, 2.24) is 15.1 Å². The van der Waals surface area contributed by atoms with Crippen molar-refractivity contribution in [3.8, 4) is 0 Å². The van der Waals surface area contributed by atoms with Crippen LogP contribution in [0.25, 0.3) is 0 Å². The van der Waals surface area contributed by atoms with Gasteiger partial charge in [0.25, 0.3) is 11.8 Å². The van der Waals surface area contributed by atoms with Crippen molar-refractivity contribution in [2.45, 2.75) is 24.7 Å². The fourth-order valence-corrected chi connectivity index (χ4v) is 4.43. The molecule has 0 spiro atoms. The zero-order valence-electron chi connectivity index (χ0n) is 16.8. The van der Waals surface area contributed by atoms with Gasteiger partial charge in [-0.25, -0.2) is 4.39 Å². The predicted octanol–water partition coefficient (Wildman–Crippen LogP) is 3.83.